The summed E-state index contributed by atoms with van der Waals surface area (Å²) in [6.07, 6.45) is 3.59. The van der Waals surface area contributed by atoms with E-state index in [-0.39, 0.29) is 0 Å². The number of hydrogen-bond acceptors (Lipinski definition) is 8. The average molecular weight is 589 g/mol. The second-order valence-corrected chi connectivity index (χ2v) is 12.2. The molecule has 0 aliphatic carbocycles. The highest BCUT2D eigenvalue weighted by Crippen LogP contribution is 2.31. The quantitative estimate of drug-likeness (QED) is 0.225. The standard InChI is InChI=1S/C36H40N6O2/c1-39-14-18-41(19-15-39)25-27-6-10-29(11-7-27)35-37-23-33(43-35)31-4-3-5-32(22-31)34-24-38-36(44-34)30-12-8-28(9-13-30)26-42-20-16-40(2)17-21-42/h3-13,22-24H,14-21,25-26H2,1-2H3. The molecule has 8 heteroatoms. The number of nitrogens with zero attached hydrogens (tertiary/aromatic N) is 6. The van der Waals surface area contributed by atoms with Crippen LogP contribution >= 0.6 is 0 Å². The van der Waals surface area contributed by atoms with Crippen LogP contribution in [0.4, 0.5) is 0 Å². The number of rotatable bonds is 8. The van der Waals surface area contributed by atoms with Crippen molar-refractivity contribution in [3.63, 3.8) is 0 Å². The largest absolute Gasteiger partial charge is 0.436 e. The molecule has 0 bridgehead atoms. The summed E-state index contributed by atoms with van der Waals surface area (Å²) in [4.78, 5) is 19.0. The number of benzene rings is 3. The highest BCUT2D eigenvalue weighted by Gasteiger charge is 2.17. The summed E-state index contributed by atoms with van der Waals surface area (Å²) in [6, 6.07) is 25.3. The Morgan fingerprint density at radius 3 is 1.34 bits per heavy atom. The van der Waals surface area contributed by atoms with E-state index < -0.39 is 0 Å². The van der Waals surface area contributed by atoms with E-state index in [4.69, 9.17) is 8.83 Å². The van der Waals surface area contributed by atoms with Crippen molar-refractivity contribution in [3.05, 3.63) is 96.3 Å². The molecule has 0 unspecified atom stereocenters. The van der Waals surface area contributed by atoms with Gasteiger partial charge in [-0.1, -0.05) is 42.5 Å². The molecule has 0 radical (unpaired) electrons. The lowest BCUT2D eigenvalue weighted by atomic mass is 10.1. The zero-order valence-corrected chi connectivity index (χ0v) is 25.7. The minimum absolute atomic E-state index is 0.620. The SMILES string of the molecule is CN1CCN(Cc2ccc(-c3ncc(-c4cccc(-c5cnc(-c6ccc(CN7CCN(C)CC7)cc6)o5)c4)o3)cc2)CC1. The van der Waals surface area contributed by atoms with Crippen molar-refractivity contribution in [3.8, 4) is 45.6 Å². The molecule has 2 aliphatic rings. The number of likely N-dealkylation sites (N-methyl/N-ethyl adjacent to an activating group) is 2. The Labute approximate surface area is 259 Å². The number of aromatic nitrogens is 2. The lowest BCUT2D eigenvalue weighted by Crippen LogP contribution is -2.43. The summed E-state index contributed by atoms with van der Waals surface area (Å²) >= 11 is 0. The highest BCUT2D eigenvalue weighted by atomic mass is 16.4. The van der Waals surface area contributed by atoms with Crippen LogP contribution in [0.1, 0.15) is 11.1 Å². The molecule has 8 nitrogen and oxygen atoms in total. The van der Waals surface area contributed by atoms with E-state index in [1.54, 1.807) is 12.4 Å². The maximum absolute atomic E-state index is 6.21. The summed E-state index contributed by atoms with van der Waals surface area (Å²) in [5.41, 5.74) is 6.46. The molecule has 0 saturated carbocycles. The van der Waals surface area contributed by atoms with Gasteiger partial charge in [0.15, 0.2) is 11.5 Å². The molecule has 0 amide bonds. The van der Waals surface area contributed by atoms with E-state index in [2.05, 4.69) is 98.3 Å². The van der Waals surface area contributed by atoms with Gasteiger partial charge in [0.25, 0.3) is 0 Å². The summed E-state index contributed by atoms with van der Waals surface area (Å²) in [6.45, 7) is 10.9. The molecule has 7 rings (SSSR count). The van der Waals surface area contributed by atoms with E-state index in [1.807, 2.05) is 18.2 Å². The van der Waals surface area contributed by atoms with Crippen molar-refractivity contribution in [2.24, 2.45) is 0 Å². The fraction of sp³-hybridized carbons (Fsp3) is 0.333. The van der Waals surface area contributed by atoms with Gasteiger partial charge in [-0.25, -0.2) is 9.97 Å². The fourth-order valence-electron chi connectivity index (χ4n) is 5.94. The Morgan fingerprint density at radius 1 is 0.523 bits per heavy atom. The number of piperazine rings is 2. The highest BCUT2D eigenvalue weighted by molar-refractivity contribution is 5.69. The maximum atomic E-state index is 6.21. The molecule has 0 N–H and O–H groups in total. The van der Waals surface area contributed by atoms with Gasteiger partial charge in [-0.3, -0.25) is 9.80 Å². The van der Waals surface area contributed by atoms with Crippen LogP contribution in [0, 0.1) is 0 Å². The Kier molecular flexibility index (Phi) is 8.39. The van der Waals surface area contributed by atoms with Gasteiger partial charge >= 0.3 is 0 Å². The average Bonchev–Trinajstić information content (AvgIpc) is 3.76. The molecule has 2 fully saturated rings. The lowest BCUT2D eigenvalue weighted by molar-refractivity contribution is 0.148. The Balaban J connectivity index is 1.00. The third-order valence-corrected chi connectivity index (χ3v) is 8.85. The zero-order valence-electron chi connectivity index (χ0n) is 25.7. The molecule has 4 heterocycles. The monoisotopic (exact) mass is 588 g/mol. The van der Waals surface area contributed by atoms with Crippen molar-refractivity contribution in [1.82, 2.24) is 29.6 Å². The third-order valence-electron chi connectivity index (χ3n) is 8.85. The predicted octanol–water partition coefficient (Wildman–Crippen LogP) is 5.83. The minimum atomic E-state index is 0.620. The Morgan fingerprint density at radius 2 is 0.932 bits per heavy atom. The first-order valence-electron chi connectivity index (χ1n) is 15.6. The molecule has 2 saturated heterocycles. The number of hydrogen-bond donors (Lipinski definition) is 0. The lowest BCUT2D eigenvalue weighted by Gasteiger charge is -2.32. The van der Waals surface area contributed by atoms with Crippen LogP contribution in [0.2, 0.25) is 0 Å². The van der Waals surface area contributed by atoms with Gasteiger partial charge in [-0.2, -0.15) is 0 Å². The molecule has 2 aromatic heterocycles. The van der Waals surface area contributed by atoms with Gasteiger partial charge in [0.1, 0.15) is 0 Å². The van der Waals surface area contributed by atoms with Crippen LogP contribution < -0.4 is 0 Å². The topological polar surface area (TPSA) is 65.0 Å². The summed E-state index contributed by atoms with van der Waals surface area (Å²) in [7, 11) is 4.38. The first kappa shape index (κ1) is 28.7. The van der Waals surface area contributed by atoms with E-state index in [1.165, 1.54) is 11.1 Å². The van der Waals surface area contributed by atoms with Crippen molar-refractivity contribution < 1.29 is 8.83 Å². The van der Waals surface area contributed by atoms with Gasteiger partial charge in [0.2, 0.25) is 11.8 Å². The van der Waals surface area contributed by atoms with E-state index in [0.29, 0.717) is 11.8 Å². The van der Waals surface area contributed by atoms with Crippen LogP contribution in [-0.2, 0) is 13.1 Å². The molecular formula is C36H40N6O2. The summed E-state index contributed by atoms with van der Waals surface area (Å²) in [5.74, 6) is 2.68. The molecule has 226 valence electrons. The molecule has 2 aliphatic heterocycles. The third kappa shape index (κ3) is 6.69. The van der Waals surface area contributed by atoms with Crippen LogP contribution in [-0.4, -0.2) is 96.0 Å². The molecule has 44 heavy (non-hydrogen) atoms. The van der Waals surface area contributed by atoms with Gasteiger partial charge < -0.3 is 18.6 Å². The molecule has 5 aromatic rings. The maximum Gasteiger partial charge on any atom is 0.226 e. The van der Waals surface area contributed by atoms with Gasteiger partial charge in [0.05, 0.1) is 12.4 Å². The van der Waals surface area contributed by atoms with E-state index in [0.717, 1.165) is 99.2 Å². The van der Waals surface area contributed by atoms with Crippen molar-refractivity contribution in [2.75, 3.05) is 66.5 Å². The molecule has 0 atom stereocenters. The first-order chi connectivity index (χ1) is 21.6. The van der Waals surface area contributed by atoms with Crippen LogP contribution in [0.15, 0.2) is 94.0 Å². The van der Waals surface area contributed by atoms with E-state index >= 15 is 0 Å². The second-order valence-electron chi connectivity index (χ2n) is 12.2. The minimum Gasteiger partial charge on any atom is -0.436 e. The molecular weight excluding hydrogens is 548 g/mol. The predicted molar refractivity (Wildman–Crippen MR) is 174 cm³/mol. The van der Waals surface area contributed by atoms with Crippen molar-refractivity contribution >= 4 is 0 Å². The van der Waals surface area contributed by atoms with Gasteiger partial charge in [0, 0.05) is 87.7 Å². The van der Waals surface area contributed by atoms with Crippen LogP contribution in [0.5, 0.6) is 0 Å². The first-order valence-corrected chi connectivity index (χ1v) is 15.6. The molecule has 0 spiro atoms. The van der Waals surface area contributed by atoms with E-state index in [9.17, 15) is 0 Å². The Hall–Kier alpha value is -4.08. The second kappa shape index (κ2) is 12.9. The number of oxazole rings is 2. The van der Waals surface area contributed by atoms with Crippen molar-refractivity contribution in [2.45, 2.75) is 13.1 Å². The summed E-state index contributed by atoms with van der Waals surface area (Å²) in [5, 5.41) is 0. The molecule has 3 aromatic carbocycles. The fourth-order valence-corrected chi connectivity index (χ4v) is 5.94. The van der Waals surface area contributed by atoms with Crippen LogP contribution in [0.25, 0.3) is 45.6 Å². The Bertz CT molecular complexity index is 1540. The smallest absolute Gasteiger partial charge is 0.226 e. The van der Waals surface area contributed by atoms with Gasteiger partial charge in [-0.15, -0.1) is 0 Å². The van der Waals surface area contributed by atoms with Crippen molar-refractivity contribution in [1.29, 1.82) is 0 Å². The van der Waals surface area contributed by atoms with Crippen LogP contribution in [0.3, 0.4) is 0 Å². The normalized spacial score (nSPS) is 17.3. The zero-order chi connectivity index (χ0) is 29.9. The summed E-state index contributed by atoms with van der Waals surface area (Å²) < 4.78 is 12.4. The van der Waals surface area contributed by atoms with Gasteiger partial charge in [-0.05, 0) is 55.6 Å².